The van der Waals surface area contributed by atoms with Crippen LogP contribution in [0, 0.1) is 5.41 Å². The van der Waals surface area contributed by atoms with E-state index < -0.39 is 68.0 Å². The van der Waals surface area contributed by atoms with Crippen LogP contribution < -0.4 is 32.7 Å². The summed E-state index contributed by atoms with van der Waals surface area (Å²) in [6.45, 7) is 1.24. The first kappa shape index (κ1) is 72.9. The largest absolute Gasteiger partial charge is 0.480 e. The molecule has 10 N–H and O–H groups in total. The van der Waals surface area contributed by atoms with Gasteiger partial charge in [0.15, 0.2) is 0 Å². The van der Waals surface area contributed by atoms with E-state index in [0.717, 1.165) is 21.0 Å². The van der Waals surface area contributed by atoms with Gasteiger partial charge in [-0.15, -0.1) is 35.7 Å². The number of anilines is 2. The van der Waals surface area contributed by atoms with Crippen molar-refractivity contribution in [2.24, 2.45) is 16.5 Å². The highest BCUT2D eigenvalue weighted by Gasteiger charge is 2.42. The molecule has 4 amide bonds. The van der Waals surface area contributed by atoms with E-state index in [-0.39, 0.29) is 77.9 Å². The molecule has 0 aromatic heterocycles. The highest BCUT2D eigenvalue weighted by Crippen LogP contribution is 2.28. The van der Waals surface area contributed by atoms with E-state index in [1.165, 1.54) is 47.4 Å². The number of sulfonamides is 2. The maximum absolute atomic E-state index is 13.1. The number of amides is 4. The van der Waals surface area contributed by atoms with Gasteiger partial charge in [-0.1, -0.05) is 121 Å². The Morgan fingerprint density at radius 3 is 1.43 bits per heavy atom. The first-order chi connectivity index (χ1) is 42.7. The molecule has 4 atom stereocenters. The fourth-order valence-electron chi connectivity index (χ4n) is 9.58. The molecule has 0 spiro atoms. The summed E-state index contributed by atoms with van der Waals surface area (Å²) in [5.74, 6) is -2.99. The van der Waals surface area contributed by atoms with Gasteiger partial charge in [0.25, 0.3) is 0 Å². The minimum Gasteiger partial charge on any atom is -0.480 e. The van der Waals surface area contributed by atoms with E-state index in [0.29, 0.717) is 85.9 Å². The molecule has 0 bridgehead atoms. The monoisotopic (exact) mass is 1400 g/mol. The number of nitrogens with zero attached hydrogens (tertiary/aromatic N) is 3. The van der Waals surface area contributed by atoms with Gasteiger partial charge in [-0.2, -0.15) is 8.61 Å². The van der Waals surface area contributed by atoms with Crippen LogP contribution in [0.15, 0.2) is 185 Å². The number of nitrogens with one attached hydrogen (secondary N) is 5. The second-order valence-electron chi connectivity index (χ2n) is 20.6. The van der Waals surface area contributed by atoms with Crippen molar-refractivity contribution in [3.8, 4) is 0 Å². The zero-order chi connectivity index (χ0) is 64.3. The summed E-state index contributed by atoms with van der Waals surface area (Å²) >= 11 is 1.46. The molecule has 8 rings (SSSR count). The lowest BCUT2D eigenvalue weighted by molar-refractivity contribution is -0.145. The average molecular weight is 1400 g/mol. The number of ether oxygens (including phenoxy) is 1. The molecule has 2 fully saturated rings. The first-order valence-electron chi connectivity index (χ1n) is 28.8. The van der Waals surface area contributed by atoms with E-state index in [9.17, 15) is 50.7 Å². The van der Waals surface area contributed by atoms with Gasteiger partial charge >= 0.3 is 11.9 Å². The lowest BCUT2D eigenvalue weighted by Gasteiger charge is -2.25. The Morgan fingerprint density at radius 1 is 0.622 bits per heavy atom. The van der Waals surface area contributed by atoms with Gasteiger partial charge in [-0.25, -0.2) is 26.4 Å². The number of aliphatic imine (C=N–C) groups is 1. The number of halogens is 1. The Kier molecular flexibility index (Phi) is 29.7. The maximum atomic E-state index is 13.1. The number of hydrogen-bond acceptors (Lipinski definition) is 15. The van der Waals surface area contributed by atoms with Crippen LogP contribution in [0.25, 0.3) is 0 Å². The van der Waals surface area contributed by atoms with E-state index in [1.807, 2.05) is 66.9 Å². The van der Waals surface area contributed by atoms with Crippen LogP contribution in [0.4, 0.5) is 11.4 Å². The van der Waals surface area contributed by atoms with E-state index in [2.05, 4.69) is 26.3 Å². The van der Waals surface area contributed by atoms with Crippen molar-refractivity contribution in [1.29, 1.82) is 5.41 Å². The summed E-state index contributed by atoms with van der Waals surface area (Å²) < 4.78 is 59.6. The molecule has 0 unspecified atom stereocenters. The molecule has 90 heavy (non-hydrogen) atoms. The molecule has 480 valence electrons. The minimum absolute atomic E-state index is 0. The molecule has 2 aliphatic heterocycles. The highest BCUT2D eigenvalue weighted by atomic mass is 127. The van der Waals surface area contributed by atoms with Gasteiger partial charge in [0, 0.05) is 67.8 Å². The Labute approximate surface area is 547 Å². The van der Waals surface area contributed by atoms with Gasteiger partial charge in [0.1, 0.15) is 30.0 Å². The summed E-state index contributed by atoms with van der Waals surface area (Å²) in [5, 5.41) is 28.6. The van der Waals surface area contributed by atoms with Gasteiger partial charge in [0.05, 0.1) is 21.9 Å². The van der Waals surface area contributed by atoms with Crippen LogP contribution in [0.3, 0.4) is 0 Å². The number of esters is 1. The number of thioether (sulfide) groups is 1. The Bertz CT molecular complexity index is 3580. The number of rotatable bonds is 25. The molecule has 0 saturated carbocycles. The average Bonchev–Trinajstić information content (AvgIpc) is 2.12. The molecule has 22 nitrogen and oxygen atoms in total. The Morgan fingerprint density at radius 2 is 1.02 bits per heavy atom. The van der Waals surface area contributed by atoms with Crippen LogP contribution in [-0.4, -0.2) is 141 Å². The quantitative estimate of drug-likeness (QED) is 0.00924. The van der Waals surface area contributed by atoms with E-state index in [1.54, 1.807) is 84.9 Å². The number of carbonyl (C=O) groups is 6. The third kappa shape index (κ3) is 22.0. The molecule has 26 heteroatoms. The molecular weight excluding hydrogens is 1320 g/mol. The van der Waals surface area contributed by atoms with E-state index >= 15 is 0 Å². The van der Waals surface area contributed by atoms with E-state index in [4.69, 9.17) is 21.6 Å². The van der Waals surface area contributed by atoms with Crippen molar-refractivity contribution < 1.29 is 55.4 Å². The Balaban J connectivity index is 0.000000283. The highest BCUT2D eigenvalue weighted by molar-refractivity contribution is 14.0. The number of benzene rings is 6. The van der Waals surface area contributed by atoms with Gasteiger partial charge in [-0.05, 0) is 111 Å². The normalized spacial score (nSPS) is 15.6. The first-order valence-corrected chi connectivity index (χ1v) is 32.9. The SMILES string of the molecule is COC(=O)[C@H](Cc1ccc(NC(=O)CCCN)cc1)NC(=O)[C@@H]1CCCN1S(=O)(=O)c1ccccc1.CSC(=N)c1ccccc1.I.NC(=NCCCC(=O)Nc1ccc(C[C@H](NC(=O)[C@@H]2CCCN2S(=O)(=O)c2ccccc2)C(=O)O)cc1)c1ccccc1. The summed E-state index contributed by atoms with van der Waals surface area (Å²) in [6.07, 6.45) is 5.39. The van der Waals surface area contributed by atoms with Crippen molar-refractivity contribution in [2.45, 2.75) is 98.2 Å². The molecule has 2 aliphatic rings. The Hall–Kier alpha value is -7.86. The molecule has 6 aromatic rings. The molecule has 2 heterocycles. The van der Waals surface area contributed by atoms with Gasteiger partial charge in [0.2, 0.25) is 43.7 Å². The minimum atomic E-state index is -3.91. The zero-order valence-electron chi connectivity index (χ0n) is 49.9. The maximum Gasteiger partial charge on any atom is 0.328 e. The predicted octanol–water partition coefficient (Wildman–Crippen LogP) is 7.19. The summed E-state index contributed by atoms with van der Waals surface area (Å²) in [5.41, 5.74) is 15.7. The summed E-state index contributed by atoms with van der Waals surface area (Å²) in [7, 11) is -6.54. The summed E-state index contributed by atoms with van der Waals surface area (Å²) in [4.78, 5) is 79.4. The standard InChI is InChI=1S/C31H35N5O6S.C25H32N4O6S.C8H9NS.HI/c32-29(23-9-3-1-4-10-23)33-19-7-14-28(37)34-24-17-15-22(16-18-24)21-26(31(39)40)35-30(38)27-13-8-20-36(27)43(41,42)25-11-5-2-6-12-25;1-35-25(32)21(17-18-11-13-19(14-12-18)27-23(30)10-5-15-26)28-24(31)22-9-6-16-29(22)36(33,34)20-7-3-2-4-8-20;1-10-8(9)7-5-3-2-4-6-7;/h1-6,9-12,15-18,26-27H,7-8,13-14,19-21H2,(H2,32,33)(H,34,37)(H,35,38)(H,39,40);2-4,7-8,11-14,21-22H,5-6,9-10,15-17,26H2,1H3,(H,27,30)(H,28,31);2-6,9H,1H3;1H/t26-,27-;21-,22-;;/m00../s1. The number of amidine groups is 1. The van der Waals surface area contributed by atoms with Crippen molar-refractivity contribution >= 4 is 114 Å². The number of carboxylic acid groups (broad SMARTS) is 1. The van der Waals surface area contributed by atoms with Crippen LogP contribution in [0.2, 0.25) is 0 Å². The van der Waals surface area contributed by atoms with Crippen molar-refractivity contribution in [2.75, 3.05) is 50.2 Å². The number of hydrogen-bond donors (Lipinski definition) is 8. The predicted molar refractivity (Wildman–Crippen MR) is 360 cm³/mol. The van der Waals surface area contributed by atoms with Gasteiger partial charge < -0.3 is 42.6 Å². The smallest absolute Gasteiger partial charge is 0.328 e. The third-order valence-electron chi connectivity index (χ3n) is 14.2. The second-order valence-corrected chi connectivity index (χ2v) is 25.2. The second kappa shape index (κ2) is 36.7. The van der Waals surface area contributed by atoms with Crippen LogP contribution in [-0.2, 0) is 66.4 Å². The molecular formula is C64H77IN10O12S3. The van der Waals surface area contributed by atoms with Gasteiger partial charge in [-0.3, -0.25) is 29.6 Å². The zero-order valence-corrected chi connectivity index (χ0v) is 54.7. The fourth-order valence-corrected chi connectivity index (χ4v) is 13.3. The third-order valence-corrected chi connectivity index (χ3v) is 18.7. The fraction of sp³-hybridized carbons (Fsp3) is 0.312. The number of nitrogens with two attached hydrogens (primary N) is 2. The van der Waals surface area contributed by atoms with Crippen LogP contribution >= 0.6 is 35.7 Å². The molecule has 0 radical (unpaired) electrons. The number of carboxylic acids is 1. The lowest BCUT2D eigenvalue weighted by atomic mass is 10.0. The number of carbonyl (C=O) groups excluding carboxylic acids is 5. The van der Waals surface area contributed by atoms with Crippen molar-refractivity contribution in [1.82, 2.24) is 19.2 Å². The van der Waals surface area contributed by atoms with Crippen LogP contribution in [0.5, 0.6) is 0 Å². The topological polar surface area (TPSA) is 343 Å². The van der Waals surface area contributed by atoms with Crippen LogP contribution in [0.1, 0.15) is 73.6 Å². The molecule has 6 aromatic carbocycles. The molecule has 0 aliphatic carbocycles. The molecule has 2 saturated heterocycles. The lowest BCUT2D eigenvalue weighted by Crippen LogP contribution is -2.51. The van der Waals surface area contributed by atoms with Crippen molar-refractivity contribution in [3.63, 3.8) is 0 Å². The number of aliphatic carboxylic acids is 1. The number of methoxy groups -OCH3 is 1. The van der Waals surface area contributed by atoms with Crippen molar-refractivity contribution in [3.05, 3.63) is 192 Å². The summed E-state index contributed by atoms with van der Waals surface area (Å²) in [6, 6.07) is 44.3.